The number of carbonyl (C=O) groups excluding carboxylic acids is 2. The minimum absolute atomic E-state index is 0.00892. The highest BCUT2D eigenvalue weighted by molar-refractivity contribution is 7.92. The normalized spacial score (nSPS) is 12.1. The van der Waals surface area contributed by atoms with E-state index in [1.165, 1.54) is 30.2 Å². The smallest absolute Gasteiger partial charge is 0.244 e. The molecule has 12 heteroatoms. The van der Waals surface area contributed by atoms with Crippen LogP contribution in [0.15, 0.2) is 36.4 Å². The van der Waals surface area contributed by atoms with Gasteiger partial charge < -0.3 is 15.0 Å². The van der Waals surface area contributed by atoms with Crippen LogP contribution in [0.25, 0.3) is 0 Å². The van der Waals surface area contributed by atoms with Crippen molar-refractivity contribution < 1.29 is 22.7 Å². The molecule has 0 unspecified atom stereocenters. The van der Waals surface area contributed by atoms with Gasteiger partial charge in [0.2, 0.25) is 21.8 Å². The van der Waals surface area contributed by atoms with E-state index in [1.807, 2.05) is 0 Å². The second kappa shape index (κ2) is 12.0. The van der Waals surface area contributed by atoms with E-state index in [1.54, 1.807) is 32.0 Å². The van der Waals surface area contributed by atoms with Crippen LogP contribution in [0.5, 0.6) is 5.75 Å². The van der Waals surface area contributed by atoms with Crippen molar-refractivity contribution in [2.75, 3.05) is 30.8 Å². The maximum atomic E-state index is 13.4. The van der Waals surface area contributed by atoms with Gasteiger partial charge in [-0.05, 0) is 49.7 Å². The molecule has 0 saturated heterocycles. The Morgan fingerprint density at radius 2 is 1.74 bits per heavy atom. The molecule has 34 heavy (non-hydrogen) atoms. The fraction of sp³-hybridized carbons (Fsp3) is 0.364. The number of methoxy groups -OCH3 is 1. The maximum Gasteiger partial charge on any atom is 0.244 e. The van der Waals surface area contributed by atoms with Crippen molar-refractivity contribution in [1.29, 1.82) is 0 Å². The van der Waals surface area contributed by atoms with Crippen molar-refractivity contribution in [1.82, 2.24) is 10.2 Å². The monoisotopic (exact) mass is 549 g/mol. The van der Waals surface area contributed by atoms with E-state index < -0.39 is 28.5 Å². The zero-order valence-corrected chi connectivity index (χ0v) is 22.2. The van der Waals surface area contributed by atoms with Gasteiger partial charge in [-0.15, -0.1) is 0 Å². The molecule has 2 aromatic rings. The standard InChI is InChI=1S/C22H26Cl3N3O5S/c1-5-26-22(30)14(2)27(12-15-6-8-17(23)18(24)10-15)21(29)13-28(34(4,31)32)16-7-9-20(33-3)19(25)11-16/h6-11,14H,5,12-13H2,1-4H3,(H,26,30)/t14-/m1/s1. The Labute approximate surface area is 214 Å². The van der Waals surface area contributed by atoms with E-state index in [4.69, 9.17) is 39.5 Å². The summed E-state index contributed by atoms with van der Waals surface area (Å²) in [6.07, 6.45) is 0.981. The molecule has 0 spiro atoms. The Morgan fingerprint density at radius 3 is 2.26 bits per heavy atom. The number of carbonyl (C=O) groups is 2. The molecule has 0 aliphatic heterocycles. The predicted molar refractivity (Wildman–Crippen MR) is 135 cm³/mol. The zero-order chi connectivity index (χ0) is 25.6. The molecule has 0 heterocycles. The maximum absolute atomic E-state index is 13.4. The molecule has 2 rings (SSSR count). The van der Waals surface area contributed by atoms with Gasteiger partial charge in [0.25, 0.3) is 0 Å². The number of hydrogen-bond donors (Lipinski definition) is 1. The summed E-state index contributed by atoms with van der Waals surface area (Å²) in [5, 5.41) is 3.51. The van der Waals surface area contributed by atoms with Crippen LogP contribution in [0.2, 0.25) is 15.1 Å². The largest absolute Gasteiger partial charge is 0.495 e. The van der Waals surface area contributed by atoms with Crippen molar-refractivity contribution >= 4 is 62.3 Å². The van der Waals surface area contributed by atoms with Crippen molar-refractivity contribution in [2.24, 2.45) is 0 Å². The molecule has 0 fully saturated rings. The first-order valence-electron chi connectivity index (χ1n) is 10.2. The summed E-state index contributed by atoms with van der Waals surface area (Å²) in [5.74, 6) is -0.618. The SMILES string of the molecule is CCNC(=O)[C@@H](C)N(Cc1ccc(Cl)c(Cl)c1)C(=O)CN(c1ccc(OC)c(Cl)c1)S(C)(=O)=O. The van der Waals surface area contributed by atoms with Gasteiger partial charge in [0, 0.05) is 13.1 Å². The summed E-state index contributed by atoms with van der Waals surface area (Å²) in [6, 6.07) is 8.35. The first kappa shape index (κ1) is 28.0. The van der Waals surface area contributed by atoms with Crippen LogP contribution in [-0.2, 0) is 26.2 Å². The lowest BCUT2D eigenvalue weighted by molar-refractivity contribution is -0.139. The average Bonchev–Trinajstić information content (AvgIpc) is 2.76. The van der Waals surface area contributed by atoms with E-state index in [2.05, 4.69) is 5.32 Å². The van der Waals surface area contributed by atoms with E-state index in [-0.39, 0.29) is 23.2 Å². The van der Waals surface area contributed by atoms with Crippen molar-refractivity contribution in [3.8, 4) is 5.75 Å². The number of halogens is 3. The molecule has 0 aromatic heterocycles. The van der Waals surface area contributed by atoms with Gasteiger partial charge in [-0.1, -0.05) is 40.9 Å². The van der Waals surface area contributed by atoms with E-state index >= 15 is 0 Å². The van der Waals surface area contributed by atoms with Crippen molar-refractivity contribution in [2.45, 2.75) is 26.4 Å². The van der Waals surface area contributed by atoms with E-state index in [9.17, 15) is 18.0 Å². The number of nitrogens with one attached hydrogen (secondary N) is 1. The summed E-state index contributed by atoms with van der Waals surface area (Å²) >= 11 is 18.3. The van der Waals surface area contributed by atoms with Crippen LogP contribution < -0.4 is 14.4 Å². The fourth-order valence-corrected chi connectivity index (χ4v) is 4.58. The number of benzene rings is 2. The number of amides is 2. The Kier molecular flexibility index (Phi) is 9.87. The van der Waals surface area contributed by atoms with Gasteiger partial charge in [0.05, 0.1) is 34.1 Å². The predicted octanol–water partition coefficient (Wildman–Crippen LogP) is 3.97. The molecular formula is C22H26Cl3N3O5S. The van der Waals surface area contributed by atoms with Crippen molar-refractivity contribution in [3.05, 3.63) is 57.0 Å². The lowest BCUT2D eigenvalue weighted by Crippen LogP contribution is -2.51. The Balaban J connectivity index is 2.43. The van der Waals surface area contributed by atoms with Crippen molar-refractivity contribution in [3.63, 3.8) is 0 Å². The second-order valence-electron chi connectivity index (χ2n) is 7.43. The molecule has 2 amide bonds. The van der Waals surface area contributed by atoms with Crippen LogP contribution in [0.3, 0.4) is 0 Å². The van der Waals surface area contributed by atoms with Gasteiger partial charge in [0.1, 0.15) is 18.3 Å². The van der Waals surface area contributed by atoms with Gasteiger partial charge in [-0.25, -0.2) is 8.42 Å². The van der Waals surface area contributed by atoms with E-state index in [0.29, 0.717) is 27.9 Å². The summed E-state index contributed by atoms with van der Waals surface area (Å²) < 4.78 is 31.2. The highest BCUT2D eigenvalue weighted by Gasteiger charge is 2.30. The number of ether oxygens (including phenoxy) is 1. The lowest BCUT2D eigenvalue weighted by Gasteiger charge is -2.31. The van der Waals surface area contributed by atoms with Crippen LogP contribution >= 0.6 is 34.8 Å². The lowest BCUT2D eigenvalue weighted by atomic mass is 10.1. The molecule has 1 atom stereocenters. The summed E-state index contributed by atoms with van der Waals surface area (Å²) in [4.78, 5) is 27.2. The molecule has 0 bridgehead atoms. The topological polar surface area (TPSA) is 96.0 Å². The number of sulfonamides is 1. The first-order chi connectivity index (χ1) is 15.9. The third-order valence-corrected chi connectivity index (χ3v) is 7.13. The first-order valence-corrected chi connectivity index (χ1v) is 13.2. The number of rotatable bonds is 10. The summed E-state index contributed by atoms with van der Waals surface area (Å²) in [5.41, 5.74) is 0.805. The molecule has 0 aliphatic rings. The van der Waals surface area contributed by atoms with Crippen LogP contribution in [-0.4, -0.2) is 57.6 Å². The molecule has 1 N–H and O–H groups in total. The zero-order valence-electron chi connectivity index (χ0n) is 19.1. The van der Waals surface area contributed by atoms with E-state index in [0.717, 1.165) is 10.6 Å². The quantitative estimate of drug-likeness (QED) is 0.483. The molecule has 8 nitrogen and oxygen atoms in total. The second-order valence-corrected chi connectivity index (χ2v) is 10.6. The third kappa shape index (κ3) is 7.15. The molecular weight excluding hydrogens is 525 g/mol. The molecule has 0 saturated carbocycles. The number of hydrogen-bond acceptors (Lipinski definition) is 5. The Hall–Kier alpha value is -2.20. The third-order valence-electron chi connectivity index (χ3n) is 4.96. The minimum Gasteiger partial charge on any atom is -0.495 e. The summed E-state index contributed by atoms with van der Waals surface area (Å²) in [6.45, 7) is 3.16. The molecule has 2 aromatic carbocycles. The number of nitrogens with zero attached hydrogens (tertiary/aromatic N) is 2. The van der Waals surface area contributed by atoms with Crippen LogP contribution in [0, 0.1) is 0 Å². The van der Waals surface area contributed by atoms with Crippen LogP contribution in [0.1, 0.15) is 19.4 Å². The highest BCUT2D eigenvalue weighted by Crippen LogP contribution is 2.30. The summed E-state index contributed by atoms with van der Waals surface area (Å²) in [7, 11) is -2.44. The Bertz CT molecular complexity index is 1160. The average molecular weight is 551 g/mol. The Morgan fingerprint density at radius 1 is 1.06 bits per heavy atom. The van der Waals surface area contributed by atoms with Gasteiger partial charge in [-0.3, -0.25) is 13.9 Å². The highest BCUT2D eigenvalue weighted by atomic mass is 35.5. The van der Waals surface area contributed by atoms with Gasteiger partial charge in [-0.2, -0.15) is 0 Å². The van der Waals surface area contributed by atoms with Crippen LogP contribution in [0.4, 0.5) is 5.69 Å². The minimum atomic E-state index is -3.88. The van der Waals surface area contributed by atoms with Gasteiger partial charge >= 0.3 is 0 Å². The van der Waals surface area contributed by atoms with Gasteiger partial charge in [0.15, 0.2) is 0 Å². The molecule has 0 radical (unpaired) electrons. The molecule has 0 aliphatic carbocycles. The fourth-order valence-electron chi connectivity index (χ4n) is 3.16. The molecule has 186 valence electrons. The number of anilines is 1. The number of likely N-dealkylation sites (N-methyl/N-ethyl adjacent to an activating group) is 1.